The Morgan fingerprint density at radius 1 is 1.13 bits per heavy atom. The molecule has 0 bridgehead atoms. The average Bonchev–Trinajstić information content (AvgIpc) is 2.73. The van der Waals surface area contributed by atoms with Crippen LogP contribution in [-0.2, 0) is 14.8 Å². The fourth-order valence-corrected chi connectivity index (χ4v) is 5.47. The monoisotopic (exact) mass is 466 g/mol. The van der Waals surface area contributed by atoms with E-state index in [1.54, 1.807) is 12.1 Å². The summed E-state index contributed by atoms with van der Waals surface area (Å²) in [6, 6.07) is 10.3. The molecule has 9 heteroatoms. The molecule has 1 N–H and O–H groups in total. The lowest BCUT2D eigenvalue weighted by molar-refractivity contribution is 0.0730. The summed E-state index contributed by atoms with van der Waals surface area (Å²) in [5, 5.41) is 3.51. The number of carbonyl (C=O) groups excluding carboxylic acids is 1. The van der Waals surface area contributed by atoms with Crippen molar-refractivity contribution in [1.82, 2.24) is 9.62 Å². The summed E-state index contributed by atoms with van der Waals surface area (Å²) >= 11 is 5.98. The number of halogens is 2. The maximum atomic E-state index is 14.5. The number of nitrogens with one attached hydrogen (secondary N) is 1. The van der Waals surface area contributed by atoms with E-state index >= 15 is 0 Å². The zero-order valence-electron chi connectivity index (χ0n) is 16.9. The van der Waals surface area contributed by atoms with Crippen LogP contribution < -0.4 is 5.32 Å². The molecule has 31 heavy (non-hydrogen) atoms. The number of amides is 1. The van der Waals surface area contributed by atoms with Crippen LogP contribution in [0.3, 0.4) is 0 Å². The van der Waals surface area contributed by atoms with Crippen LogP contribution in [0.2, 0.25) is 5.02 Å². The molecule has 2 aromatic carbocycles. The molecule has 166 valence electrons. The average molecular weight is 467 g/mol. The molecule has 0 spiro atoms. The van der Waals surface area contributed by atoms with Gasteiger partial charge >= 0.3 is 0 Å². The van der Waals surface area contributed by atoms with Crippen molar-refractivity contribution in [1.29, 1.82) is 0 Å². The number of ether oxygens (including phenoxy) is 1. The minimum absolute atomic E-state index is 0.104. The Morgan fingerprint density at radius 2 is 1.81 bits per heavy atom. The molecule has 4 rings (SSSR count). The number of hydrogen-bond donors (Lipinski definition) is 1. The maximum absolute atomic E-state index is 14.5. The van der Waals surface area contributed by atoms with Crippen molar-refractivity contribution < 1.29 is 22.3 Å². The fourth-order valence-electron chi connectivity index (χ4n) is 3.91. The Bertz CT molecular complexity index is 1050. The second-order valence-corrected chi connectivity index (χ2v) is 10.2. The molecule has 1 saturated carbocycles. The number of carbonyl (C=O) groups is 1. The van der Waals surface area contributed by atoms with Crippen LogP contribution in [0, 0.1) is 11.7 Å². The van der Waals surface area contributed by atoms with Gasteiger partial charge in [-0.3, -0.25) is 4.79 Å². The van der Waals surface area contributed by atoms with Gasteiger partial charge in [-0.1, -0.05) is 30.2 Å². The van der Waals surface area contributed by atoms with Crippen molar-refractivity contribution in [3.63, 3.8) is 0 Å². The Balaban J connectivity index is 1.60. The van der Waals surface area contributed by atoms with E-state index in [-0.39, 0.29) is 35.5 Å². The number of hydrogen-bond acceptors (Lipinski definition) is 4. The van der Waals surface area contributed by atoms with Gasteiger partial charge in [0.2, 0.25) is 10.0 Å². The van der Waals surface area contributed by atoms with Crippen LogP contribution in [0.15, 0.2) is 47.4 Å². The van der Waals surface area contributed by atoms with Crippen LogP contribution in [0.25, 0.3) is 0 Å². The molecule has 6 nitrogen and oxygen atoms in total. The van der Waals surface area contributed by atoms with Gasteiger partial charge in [-0.05, 0) is 54.7 Å². The third-order valence-corrected chi connectivity index (χ3v) is 8.07. The van der Waals surface area contributed by atoms with E-state index in [4.69, 9.17) is 16.3 Å². The number of sulfonamides is 1. The highest BCUT2D eigenvalue weighted by molar-refractivity contribution is 7.89. The first kappa shape index (κ1) is 22.2. The molecule has 1 atom stereocenters. The summed E-state index contributed by atoms with van der Waals surface area (Å²) in [5.74, 6) is -1.15. The molecule has 1 aliphatic heterocycles. The maximum Gasteiger partial charge on any atom is 0.254 e. The van der Waals surface area contributed by atoms with Crippen LogP contribution in [0.1, 0.15) is 41.2 Å². The van der Waals surface area contributed by atoms with Gasteiger partial charge in [0.05, 0.1) is 29.7 Å². The van der Waals surface area contributed by atoms with Gasteiger partial charge in [0.1, 0.15) is 5.82 Å². The van der Waals surface area contributed by atoms with Crippen LogP contribution >= 0.6 is 11.6 Å². The molecule has 2 fully saturated rings. The van der Waals surface area contributed by atoms with E-state index in [0.29, 0.717) is 18.2 Å². The zero-order chi connectivity index (χ0) is 22.0. The van der Waals surface area contributed by atoms with E-state index < -0.39 is 21.7 Å². The molecule has 2 aromatic rings. The first-order valence-corrected chi connectivity index (χ1v) is 12.1. The predicted octanol–water partition coefficient (Wildman–Crippen LogP) is 3.77. The van der Waals surface area contributed by atoms with Crippen LogP contribution in [0.4, 0.5) is 4.39 Å². The molecular weight excluding hydrogens is 443 g/mol. The second kappa shape index (κ2) is 9.24. The van der Waals surface area contributed by atoms with Gasteiger partial charge in [0.25, 0.3) is 5.91 Å². The van der Waals surface area contributed by atoms with Gasteiger partial charge in [-0.2, -0.15) is 4.31 Å². The van der Waals surface area contributed by atoms with Crippen molar-refractivity contribution in [3.8, 4) is 0 Å². The molecule has 0 radical (unpaired) electrons. The van der Waals surface area contributed by atoms with Crippen LogP contribution in [-0.4, -0.2) is 44.9 Å². The van der Waals surface area contributed by atoms with Gasteiger partial charge in [-0.15, -0.1) is 0 Å². The quantitative estimate of drug-likeness (QED) is 0.703. The molecule has 1 amide bonds. The van der Waals surface area contributed by atoms with Crippen molar-refractivity contribution in [2.75, 3.05) is 26.3 Å². The largest absolute Gasteiger partial charge is 0.379 e. The molecule has 1 saturated heterocycles. The standard InChI is InChI=1S/C22H24ClFN2O4S/c23-17-6-4-16(5-7-17)21(15-2-1-3-15)25-22(27)19-14-18(8-9-20(19)24)31(28,29)26-10-12-30-13-11-26/h4-9,14-15,21H,1-3,10-13H2,(H,25,27). The normalized spacial score (nSPS) is 18.9. The number of rotatable bonds is 6. The highest BCUT2D eigenvalue weighted by Gasteiger charge is 2.32. The number of benzene rings is 2. The topological polar surface area (TPSA) is 75.7 Å². The number of nitrogens with zero attached hydrogens (tertiary/aromatic N) is 1. The Labute approximate surface area is 186 Å². The van der Waals surface area contributed by atoms with Gasteiger partial charge < -0.3 is 10.1 Å². The summed E-state index contributed by atoms with van der Waals surface area (Å²) in [7, 11) is -3.84. The smallest absolute Gasteiger partial charge is 0.254 e. The van der Waals surface area contributed by atoms with Gasteiger partial charge in [0.15, 0.2) is 0 Å². The summed E-state index contributed by atoms with van der Waals surface area (Å²) in [6.07, 6.45) is 3.00. The van der Waals surface area contributed by atoms with Gasteiger partial charge in [-0.25, -0.2) is 12.8 Å². The summed E-state index contributed by atoms with van der Waals surface area (Å²) in [6.45, 7) is 1.05. The summed E-state index contributed by atoms with van der Waals surface area (Å²) in [4.78, 5) is 12.9. The Morgan fingerprint density at radius 3 is 2.42 bits per heavy atom. The third-order valence-electron chi connectivity index (χ3n) is 5.93. The second-order valence-electron chi connectivity index (χ2n) is 7.85. The van der Waals surface area contributed by atoms with Gasteiger partial charge in [0, 0.05) is 18.1 Å². The minimum atomic E-state index is -3.84. The van der Waals surface area contributed by atoms with E-state index in [1.165, 1.54) is 10.4 Å². The summed E-state index contributed by atoms with van der Waals surface area (Å²) in [5.41, 5.74) is 0.604. The minimum Gasteiger partial charge on any atom is -0.379 e. The third kappa shape index (κ3) is 4.77. The van der Waals surface area contributed by atoms with E-state index in [2.05, 4.69) is 5.32 Å². The van der Waals surface area contributed by atoms with E-state index in [0.717, 1.165) is 37.0 Å². The van der Waals surface area contributed by atoms with Crippen molar-refractivity contribution in [2.24, 2.45) is 5.92 Å². The molecule has 1 heterocycles. The highest BCUT2D eigenvalue weighted by Crippen LogP contribution is 2.38. The molecule has 1 aliphatic carbocycles. The van der Waals surface area contributed by atoms with Crippen LogP contribution in [0.5, 0.6) is 0 Å². The molecule has 0 aromatic heterocycles. The molecular formula is C22H24ClFN2O4S. The number of morpholine rings is 1. The first-order valence-electron chi connectivity index (χ1n) is 10.3. The lowest BCUT2D eigenvalue weighted by Gasteiger charge is -2.34. The van der Waals surface area contributed by atoms with Crippen molar-refractivity contribution in [3.05, 3.63) is 64.4 Å². The molecule has 2 aliphatic rings. The van der Waals surface area contributed by atoms with E-state index in [9.17, 15) is 17.6 Å². The van der Waals surface area contributed by atoms with E-state index in [1.807, 2.05) is 12.1 Å². The SMILES string of the molecule is O=C(NC(c1ccc(Cl)cc1)C1CCC1)c1cc(S(=O)(=O)N2CCOCC2)ccc1F. The Hall–Kier alpha value is -2.00. The lowest BCUT2D eigenvalue weighted by Crippen LogP contribution is -2.40. The summed E-state index contributed by atoms with van der Waals surface area (Å²) < 4.78 is 46.9. The van der Waals surface area contributed by atoms with Crippen molar-refractivity contribution in [2.45, 2.75) is 30.2 Å². The highest BCUT2D eigenvalue weighted by atomic mass is 35.5. The lowest BCUT2D eigenvalue weighted by atomic mass is 9.77. The van der Waals surface area contributed by atoms with Crippen molar-refractivity contribution >= 4 is 27.5 Å². The Kier molecular flexibility index (Phi) is 6.62. The molecule has 1 unspecified atom stereocenters. The fraction of sp³-hybridized carbons (Fsp3) is 0.409. The predicted molar refractivity (Wildman–Crippen MR) is 115 cm³/mol. The zero-order valence-corrected chi connectivity index (χ0v) is 18.5. The first-order chi connectivity index (χ1) is 14.9.